The SMILES string of the molecule is [B]/C(C)=C/C1=CC(/C=C\C)c2ccc([B])cc2C(C/C=C/C(=C\C=C)C(C)(C)C)(OC)C1(OC)/C(C)=C/C=C(\C)C(C)(C)C. The van der Waals surface area contributed by atoms with E-state index in [1.807, 2.05) is 32.1 Å². The topological polar surface area (TPSA) is 18.5 Å². The number of fused-ring (bicyclic) bond motifs is 1. The van der Waals surface area contributed by atoms with Crippen LogP contribution in [0.5, 0.6) is 0 Å². The average molecular weight is 588 g/mol. The average Bonchev–Trinajstić information content (AvgIpc) is 3.01. The predicted octanol–water partition coefficient (Wildman–Crippen LogP) is 9.42. The Kier molecular flexibility index (Phi) is 12.7. The molecule has 0 fully saturated rings. The van der Waals surface area contributed by atoms with Crippen molar-refractivity contribution in [2.75, 3.05) is 14.2 Å². The lowest BCUT2D eigenvalue weighted by Crippen LogP contribution is -2.56. The van der Waals surface area contributed by atoms with Crippen LogP contribution in [0.3, 0.4) is 0 Å². The fourth-order valence-electron chi connectivity index (χ4n) is 6.03. The van der Waals surface area contributed by atoms with Gasteiger partial charge >= 0.3 is 0 Å². The first-order chi connectivity index (χ1) is 20.4. The Morgan fingerprint density at radius 1 is 0.977 bits per heavy atom. The Morgan fingerprint density at radius 3 is 2.14 bits per heavy atom. The van der Waals surface area contributed by atoms with Crippen LogP contribution in [0.15, 0.2) is 113 Å². The maximum Gasteiger partial charge on any atom is 0.147 e. The van der Waals surface area contributed by atoms with E-state index in [0.29, 0.717) is 17.4 Å². The first-order valence-corrected chi connectivity index (χ1v) is 15.6. The first-order valence-electron chi connectivity index (χ1n) is 15.6. The normalized spacial score (nSPS) is 24.5. The summed E-state index contributed by atoms with van der Waals surface area (Å²) in [6.45, 7) is 25.5. The van der Waals surface area contributed by atoms with E-state index in [1.165, 1.54) is 11.1 Å². The molecule has 2 nitrogen and oxygen atoms in total. The third-order valence-corrected chi connectivity index (χ3v) is 8.83. The minimum absolute atomic E-state index is 0.0207. The maximum absolute atomic E-state index is 6.84. The van der Waals surface area contributed by atoms with Crippen LogP contribution >= 0.6 is 0 Å². The highest BCUT2D eigenvalue weighted by molar-refractivity contribution is 6.32. The molecule has 1 aromatic rings. The summed E-state index contributed by atoms with van der Waals surface area (Å²) < 4.78 is 13.7. The molecule has 1 aromatic carbocycles. The molecule has 0 saturated carbocycles. The molecule has 4 radical (unpaired) electrons. The minimum atomic E-state index is -1.07. The lowest BCUT2D eigenvalue weighted by Gasteiger charge is -2.50. The standard InChI is InChI=1S/C40H54B2O2/c1-14-17-31-26-33(25-30(5)41)40(44-13,29(4)21-20-28(3)37(6,7)8)39(43-12,36-27-34(42)22-23-35(31)36)24-16-19-32(18-15-2)38(9,10)11/h14-23,25-27,31H,2,24H2,1,3-13H3/b17-14-,19-16+,28-20+,29-21+,30-25+,32-18+. The summed E-state index contributed by atoms with van der Waals surface area (Å²) in [5, 5.41) is 0. The van der Waals surface area contributed by atoms with Gasteiger partial charge in [0.05, 0.1) is 0 Å². The van der Waals surface area contributed by atoms with E-state index in [0.717, 1.165) is 22.3 Å². The quantitative estimate of drug-likeness (QED) is 0.154. The van der Waals surface area contributed by atoms with Crippen LogP contribution in [0.25, 0.3) is 0 Å². The largest absolute Gasteiger partial charge is 0.369 e. The van der Waals surface area contributed by atoms with Gasteiger partial charge in [-0.2, -0.15) is 0 Å². The molecular formula is C40H54B2O2. The van der Waals surface area contributed by atoms with E-state index in [2.05, 4.69) is 123 Å². The molecule has 0 heterocycles. The predicted molar refractivity (Wildman–Crippen MR) is 194 cm³/mol. The van der Waals surface area contributed by atoms with Gasteiger partial charge in [0, 0.05) is 26.6 Å². The summed E-state index contributed by atoms with van der Waals surface area (Å²) in [7, 11) is 16.5. The molecule has 4 heteroatoms. The van der Waals surface area contributed by atoms with Gasteiger partial charge < -0.3 is 9.47 Å². The summed E-state index contributed by atoms with van der Waals surface area (Å²) in [4.78, 5) is 0. The van der Waals surface area contributed by atoms with Gasteiger partial charge in [-0.05, 0) is 59.4 Å². The number of allylic oxidation sites excluding steroid dienone is 11. The molecule has 1 aliphatic rings. The molecule has 0 spiro atoms. The fourth-order valence-corrected chi connectivity index (χ4v) is 6.03. The molecule has 1 aliphatic carbocycles. The van der Waals surface area contributed by atoms with Gasteiger partial charge in [-0.25, -0.2) is 0 Å². The van der Waals surface area contributed by atoms with Gasteiger partial charge in [-0.15, -0.1) is 5.47 Å². The summed E-state index contributed by atoms with van der Waals surface area (Å²) in [5.41, 5.74) is 5.67. The molecule has 2 rings (SSSR count). The van der Waals surface area contributed by atoms with Crippen molar-refractivity contribution in [3.63, 3.8) is 0 Å². The zero-order chi connectivity index (χ0) is 33.5. The number of hydrogen-bond donors (Lipinski definition) is 0. The van der Waals surface area contributed by atoms with Gasteiger partial charge in [0.2, 0.25) is 0 Å². The van der Waals surface area contributed by atoms with E-state index in [-0.39, 0.29) is 16.7 Å². The minimum Gasteiger partial charge on any atom is -0.369 e. The second-order valence-electron chi connectivity index (χ2n) is 14.0. The van der Waals surface area contributed by atoms with Crippen molar-refractivity contribution in [3.8, 4) is 0 Å². The van der Waals surface area contributed by atoms with E-state index < -0.39 is 11.2 Å². The van der Waals surface area contributed by atoms with Crippen LogP contribution in [0.1, 0.15) is 92.7 Å². The summed E-state index contributed by atoms with van der Waals surface area (Å²) in [5.74, 6) is -0.0535. The zero-order valence-electron chi connectivity index (χ0n) is 29.5. The molecule has 0 saturated heterocycles. The van der Waals surface area contributed by atoms with Crippen molar-refractivity contribution < 1.29 is 9.47 Å². The van der Waals surface area contributed by atoms with Crippen molar-refractivity contribution >= 4 is 21.2 Å². The molecule has 0 N–H and O–H groups in total. The van der Waals surface area contributed by atoms with Crippen LogP contribution in [0.2, 0.25) is 0 Å². The molecular weight excluding hydrogens is 534 g/mol. The molecule has 232 valence electrons. The van der Waals surface area contributed by atoms with Gasteiger partial charge in [0.25, 0.3) is 0 Å². The number of benzene rings is 1. The molecule has 0 aromatic heterocycles. The van der Waals surface area contributed by atoms with Crippen molar-refractivity contribution in [2.45, 2.75) is 92.8 Å². The molecule has 44 heavy (non-hydrogen) atoms. The molecule has 3 atom stereocenters. The number of hydrogen-bond acceptors (Lipinski definition) is 2. The Bertz CT molecular complexity index is 1400. The van der Waals surface area contributed by atoms with Crippen molar-refractivity contribution in [1.82, 2.24) is 0 Å². The van der Waals surface area contributed by atoms with Gasteiger partial charge in [-0.3, -0.25) is 0 Å². The number of rotatable bonds is 10. The Hall–Kier alpha value is -2.81. The third kappa shape index (κ3) is 7.88. The second kappa shape index (κ2) is 15.0. The molecule has 0 amide bonds. The van der Waals surface area contributed by atoms with Crippen LogP contribution in [0, 0.1) is 10.8 Å². The monoisotopic (exact) mass is 588 g/mol. The highest BCUT2D eigenvalue weighted by Gasteiger charge is 2.58. The Balaban J connectivity index is 3.22. The summed E-state index contributed by atoms with van der Waals surface area (Å²) in [6, 6.07) is 6.14. The number of methoxy groups -OCH3 is 2. The van der Waals surface area contributed by atoms with E-state index in [1.54, 1.807) is 14.2 Å². The highest BCUT2D eigenvalue weighted by Crippen LogP contribution is 2.55. The highest BCUT2D eigenvalue weighted by atomic mass is 16.5. The van der Waals surface area contributed by atoms with Gasteiger partial charge in [0.15, 0.2) is 0 Å². The second-order valence-corrected chi connectivity index (χ2v) is 14.0. The summed E-state index contributed by atoms with van der Waals surface area (Å²) in [6.07, 6.45) is 21.7. The van der Waals surface area contributed by atoms with Crippen molar-refractivity contribution in [2.24, 2.45) is 10.8 Å². The van der Waals surface area contributed by atoms with E-state index in [4.69, 9.17) is 25.2 Å². The molecule has 0 aliphatic heterocycles. The van der Waals surface area contributed by atoms with Crippen molar-refractivity contribution in [3.05, 3.63) is 124 Å². The van der Waals surface area contributed by atoms with Gasteiger partial charge in [-0.1, -0.05) is 145 Å². The van der Waals surface area contributed by atoms with Gasteiger partial charge in [0.1, 0.15) is 26.9 Å². The Labute approximate surface area is 272 Å². The zero-order valence-corrected chi connectivity index (χ0v) is 29.5. The van der Waals surface area contributed by atoms with E-state index in [9.17, 15) is 0 Å². The van der Waals surface area contributed by atoms with Crippen molar-refractivity contribution in [1.29, 1.82) is 0 Å². The summed E-state index contributed by atoms with van der Waals surface area (Å²) >= 11 is 0. The fraction of sp³-hybridized carbons (Fsp3) is 0.450. The first kappa shape index (κ1) is 37.4. The van der Waals surface area contributed by atoms with Crippen LogP contribution in [-0.4, -0.2) is 35.5 Å². The van der Waals surface area contributed by atoms with Crippen LogP contribution < -0.4 is 5.46 Å². The maximum atomic E-state index is 6.84. The lowest BCUT2D eigenvalue weighted by atomic mass is 9.65. The third-order valence-electron chi connectivity index (χ3n) is 8.83. The van der Waals surface area contributed by atoms with E-state index >= 15 is 0 Å². The molecule has 0 bridgehead atoms. The smallest absolute Gasteiger partial charge is 0.147 e. The Morgan fingerprint density at radius 2 is 1.64 bits per heavy atom. The number of ether oxygens (including phenoxy) is 2. The lowest BCUT2D eigenvalue weighted by molar-refractivity contribution is -0.151. The van der Waals surface area contributed by atoms with Crippen LogP contribution in [0.4, 0.5) is 0 Å². The van der Waals surface area contributed by atoms with Crippen LogP contribution in [-0.2, 0) is 15.1 Å². The molecule has 3 unspecified atom stereocenters.